The first kappa shape index (κ1) is 25.1. The molecule has 8 heteroatoms. The van der Waals surface area contributed by atoms with E-state index in [2.05, 4.69) is 5.32 Å². The molecule has 1 aliphatic rings. The van der Waals surface area contributed by atoms with Crippen molar-refractivity contribution in [1.29, 1.82) is 0 Å². The molecule has 1 fully saturated rings. The average molecular weight is 477 g/mol. The Hall–Kier alpha value is -2.48. The fourth-order valence-corrected chi connectivity index (χ4v) is 4.37. The number of para-hydroxylation sites is 2. The maximum atomic E-state index is 12.6. The van der Waals surface area contributed by atoms with E-state index in [0.29, 0.717) is 23.7 Å². The van der Waals surface area contributed by atoms with Crippen LogP contribution >= 0.6 is 11.6 Å². The molecule has 0 saturated heterocycles. The Morgan fingerprint density at radius 2 is 1.79 bits per heavy atom. The van der Waals surface area contributed by atoms with Crippen molar-refractivity contribution in [3.8, 4) is 11.5 Å². The van der Waals surface area contributed by atoms with Gasteiger partial charge in [-0.2, -0.15) is 0 Å². The van der Waals surface area contributed by atoms with Gasteiger partial charge in [-0.15, -0.1) is 0 Å². The zero-order chi connectivity index (χ0) is 24.2. The fourth-order valence-electron chi connectivity index (χ4n) is 4.19. The summed E-state index contributed by atoms with van der Waals surface area (Å²) in [6.07, 6.45) is -1.57. The lowest BCUT2D eigenvalue weighted by Gasteiger charge is -2.33. The summed E-state index contributed by atoms with van der Waals surface area (Å²) in [6.45, 7) is 5.94. The number of carbonyl (C=O) groups is 1. The molecule has 2 N–H and O–H groups in total. The molecule has 1 aliphatic carbocycles. The van der Waals surface area contributed by atoms with Crippen molar-refractivity contribution in [2.45, 2.75) is 63.6 Å². The van der Waals surface area contributed by atoms with Gasteiger partial charge in [0, 0.05) is 18.5 Å². The summed E-state index contributed by atoms with van der Waals surface area (Å²) in [5, 5.41) is 14.7. The lowest BCUT2D eigenvalue weighted by molar-refractivity contribution is 0.0107. The maximum Gasteiger partial charge on any atom is 0.407 e. The van der Waals surface area contributed by atoms with Crippen molar-refractivity contribution in [3.05, 3.63) is 59.1 Å². The summed E-state index contributed by atoms with van der Waals surface area (Å²) in [4.78, 5) is 14.6. The van der Waals surface area contributed by atoms with Gasteiger partial charge in [-0.05, 0) is 46.0 Å². The number of halogens is 1. The van der Waals surface area contributed by atoms with E-state index in [1.807, 2.05) is 69.1 Å². The van der Waals surface area contributed by atoms with Crippen LogP contribution < -0.4 is 14.8 Å². The van der Waals surface area contributed by atoms with Crippen LogP contribution in [-0.2, 0) is 11.3 Å². The highest BCUT2D eigenvalue weighted by atomic mass is 35.5. The molecule has 0 radical (unpaired) electrons. The molecule has 180 valence electrons. The molecule has 3 rings (SSSR count). The van der Waals surface area contributed by atoms with Crippen LogP contribution in [0.1, 0.15) is 32.8 Å². The van der Waals surface area contributed by atoms with Crippen LogP contribution in [0.3, 0.4) is 0 Å². The molecular weight excluding hydrogens is 444 g/mol. The molecule has 1 amide bonds. The number of likely N-dealkylation sites (N-methyl/N-ethyl adjacent to an activating group) is 1. The van der Waals surface area contributed by atoms with Crippen molar-refractivity contribution in [3.63, 3.8) is 0 Å². The van der Waals surface area contributed by atoms with Gasteiger partial charge in [0.15, 0.2) is 0 Å². The molecule has 2 aromatic rings. The van der Waals surface area contributed by atoms with Gasteiger partial charge in [0.2, 0.25) is 0 Å². The van der Waals surface area contributed by atoms with Gasteiger partial charge in [0.05, 0.1) is 24.2 Å². The molecule has 0 aliphatic heterocycles. The van der Waals surface area contributed by atoms with E-state index < -0.39 is 36.0 Å². The monoisotopic (exact) mass is 476 g/mol. The van der Waals surface area contributed by atoms with Gasteiger partial charge in [0.1, 0.15) is 29.3 Å². The Morgan fingerprint density at radius 1 is 1.15 bits per heavy atom. The molecule has 0 heterocycles. The van der Waals surface area contributed by atoms with Crippen molar-refractivity contribution in [1.82, 2.24) is 10.2 Å². The molecular formula is C25H33ClN2O5. The number of carbonyl (C=O) groups excluding carboxylic acids is 1. The van der Waals surface area contributed by atoms with Crippen LogP contribution in [-0.4, -0.2) is 60.1 Å². The number of amides is 1. The van der Waals surface area contributed by atoms with Crippen molar-refractivity contribution >= 4 is 17.7 Å². The topological polar surface area (TPSA) is 80.3 Å². The van der Waals surface area contributed by atoms with E-state index in [1.54, 1.807) is 19.2 Å². The van der Waals surface area contributed by atoms with Crippen LogP contribution in [0, 0.1) is 0 Å². The highest BCUT2D eigenvalue weighted by Gasteiger charge is 2.47. The van der Waals surface area contributed by atoms with Crippen LogP contribution in [0.25, 0.3) is 0 Å². The zero-order valence-corrected chi connectivity index (χ0v) is 20.5. The Bertz CT molecular complexity index is 948. The fraction of sp³-hybridized carbons (Fsp3) is 0.480. The van der Waals surface area contributed by atoms with E-state index in [1.165, 1.54) is 0 Å². The molecule has 33 heavy (non-hydrogen) atoms. The van der Waals surface area contributed by atoms with Crippen molar-refractivity contribution < 1.29 is 24.1 Å². The minimum Gasteiger partial charge on any atom is -0.496 e. The Morgan fingerprint density at radius 3 is 2.42 bits per heavy atom. The van der Waals surface area contributed by atoms with Crippen molar-refractivity contribution in [2.75, 3.05) is 14.2 Å². The van der Waals surface area contributed by atoms with E-state index in [4.69, 9.17) is 25.8 Å². The summed E-state index contributed by atoms with van der Waals surface area (Å²) in [5.41, 5.74) is 0.342. The number of nitrogens with one attached hydrogen (secondary N) is 1. The van der Waals surface area contributed by atoms with Crippen LogP contribution in [0.4, 0.5) is 4.79 Å². The normalized spacial score (nSPS) is 22.8. The predicted octanol–water partition coefficient (Wildman–Crippen LogP) is 4.25. The summed E-state index contributed by atoms with van der Waals surface area (Å²) in [5.74, 6) is 1.25. The summed E-state index contributed by atoms with van der Waals surface area (Å²) in [6, 6.07) is 14.0. The van der Waals surface area contributed by atoms with Crippen molar-refractivity contribution in [2.24, 2.45) is 0 Å². The molecule has 1 saturated carbocycles. The molecule has 0 bridgehead atoms. The lowest BCUT2D eigenvalue weighted by atomic mass is 10.1. The lowest BCUT2D eigenvalue weighted by Crippen LogP contribution is -2.52. The second kappa shape index (κ2) is 10.6. The number of aliphatic hydroxyl groups excluding tert-OH is 1. The smallest absolute Gasteiger partial charge is 0.407 e. The third-order valence-electron chi connectivity index (χ3n) is 5.57. The molecule has 0 spiro atoms. The first-order valence-corrected chi connectivity index (χ1v) is 11.4. The SMILES string of the molecule is COc1ccccc1CN(C)[C@@H]1[C@@H](O)[C@H](Oc2ccccc2Cl)C[C@H]1NC(=O)OC(C)(C)C. The minimum atomic E-state index is -0.874. The molecule has 2 aromatic carbocycles. The molecule has 7 nitrogen and oxygen atoms in total. The minimum absolute atomic E-state index is 0.395. The van der Waals surface area contributed by atoms with E-state index in [-0.39, 0.29) is 0 Å². The summed E-state index contributed by atoms with van der Waals surface area (Å²) < 4.78 is 17.0. The number of hydrogen-bond donors (Lipinski definition) is 2. The second-order valence-electron chi connectivity index (χ2n) is 9.28. The van der Waals surface area contributed by atoms with Crippen LogP contribution in [0.5, 0.6) is 11.5 Å². The second-order valence-corrected chi connectivity index (χ2v) is 9.69. The number of aliphatic hydroxyl groups is 1. The molecule has 0 aromatic heterocycles. The van der Waals surface area contributed by atoms with Gasteiger partial charge >= 0.3 is 6.09 Å². The largest absolute Gasteiger partial charge is 0.496 e. The maximum absolute atomic E-state index is 12.6. The Labute approximate surface area is 200 Å². The van der Waals surface area contributed by atoms with Gasteiger partial charge < -0.3 is 24.6 Å². The van der Waals surface area contributed by atoms with Gasteiger partial charge in [0.25, 0.3) is 0 Å². The number of ether oxygens (including phenoxy) is 3. The van der Waals surface area contributed by atoms with Crippen LogP contribution in [0.2, 0.25) is 5.02 Å². The van der Waals surface area contributed by atoms with Crippen LogP contribution in [0.15, 0.2) is 48.5 Å². The van der Waals surface area contributed by atoms with Gasteiger partial charge in [-0.3, -0.25) is 4.90 Å². The first-order valence-electron chi connectivity index (χ1n) is 11.0. The number of nitrogens with zero attached hydrogens (tertiary/aromatic N) is 1. The average Bonchev–Trinajstić information content (AvgIpc) is 3.03. The quantitative estimate of drug-likeness (QED) is 0.621. The number of hydrogen-bond acceptors (Lipinski definition) is 6. The summed E-state index contributed by atoms with van der Waals surface area (Å²) in [7, 11) is 3.53. The highest BCUT2D eigenvalue weighted by Crippen LogP contribution is 2.33. The number of benzene rings is 2. The van der Waals surface area contributed by atoms with E-state index in [0.717, 1.165) is 11.3 Å². The summed E-state index contributed by atoms with van der Waals surface area (Å²) >= 11 is 6.26. The number of rotatable bonds is 7. The zero-order valence-electron chi connectivity index (χ0n) is 19.7. The predicted molar refractivity (Wildman–Crippen MR) is 128 cm³/mol. The Kier molecular flexibility index (Phi) is 8.10. The Balaban J connectivity index is 1.82. The third kappa shape index (κ3) is 6.53. The number of methoxy groups -OCH3 is 1. The standard InChI is InChI=1S/C25H33ClN2O5/c1-25(2,3)33-24(30)27-18-14-21(32-20-13-9-7-11-17(20)26)23(29)22(18)28(4)15-16-10-6-8-12-19(16)31-5/h6-13,18,21-23,29H,14-15H2,1-5H3,(H,27,30)/t18-,21-,22+,23+/m1/s1. The third-order valence-corrected chi connectivity index (χ3v) is 5.88. The first-order chi connectivity index (χ1) is 15.6. The molecule has 4 atom stereocenters. The molecule has 0 unspecified atom stereocenters. The number of alkyl carbamates (subject to hydrolysis) is 1. The van der Waals surface area contributed by atoms with E-state index >= 15 is 0 Å². The van der Waals surface area contributed by atoms with Gasteiger partial charge in [-0.1, -0.05) is 41.9 Å². The van der Waals surface area contributed by atoms with Gasteiger partial charge in [-0.25, -0.2) is 4.79 Å². The van der Waals surface area contributed by atoms with E-state index in [9.17, 15) is 9.90 Å². The highest BCUT2D eigenvalue weighted by molar-refractivity contribution is 6.32.